The molecule has 7 heteroatoms. The molecule has 1 unspecified atom stereocenters. The number of carbonyl (C=O) groups excluding carboxylic acids is 1. The van der Waals surface area contributed by atoms with Gasteiger partial charge in [0.1, 0.15) is 0 Å². The Morgan fingerprint density at radius 1 is 1.48 bits per heavy atom. The third-order valence-corrected chi connectivity index (χ3v) is 3.59. The highest BCUT2D eigenvalue weighted by molar-refractivity contribution is 5.87. The molecule has 2 amide bonds. The van der Waals surface area contributed by atoms with Crippen molar-refractivity contribution in [3.63, 3.8) is 0 Å². The van der Waals surface area contributed by atoms with Gasteiger partial charge in [0, 0.05) is 25.9 Å². The number of aromatic carboxylic acids is 1. The number of carboxylic acid groups (broad SMARTS) is 1. The van der Waals surface area contributed by atoms with Crippen molar-refractivity contribution in [1.29, 1.82) is 0 Å². The fourth-order valence-electron chi connectivity index (χ4n) is 2.42. The van der Waals surface area contributed by atoms with E-state index in [2.05, 4.69) is 10.3 Å². The highest BCUT2D eigenvalue weighted by atomic mass is 16.4. The van der Waals surface area contributed by atoms with Crippen molar-refractivity contribution in [2.75, 3.05) is 19.7 Å². The average Bonchev–Trinajstić information content (AvgIpc) is 2.94. The smallest absolute Gasteiger partial charge is 0.335 e. The highest BCUT2D eigenvalue weighted by Crippen LogP contribution is 2.18. The van der Waals surface area contributed by atoms with Crippen LogP contribution >= 0.6 is 0 Å². The Kier molecular flexibility index (Phi) is 5.10. The van der Waals surface area contributed by atoms with E-state index < -0.39 is 5.97 Å². The van der Waals surface area contributed by atoms with E-state index in [0.29, 0.717) is 31.1 Å². The monoisotopic (exact) mass is 293 g/mol. The van der Waals surface area contributed by atoms with Gasteiger partial charge in [0.15, 0.2) is 0 Å². The van der Waals surface area contributed by atoms with E-state index in [1.54, 1.807) is 4.90 Å². The van der Waals surface area contributed by atoms with Gasteiger partial charge in [-0.2, -0.15) is 0 Å². The van der Waals surface area contributed by atoms with Crippen LogP contribution in [0.1, 0.15) is 28.9 Å². The molecule has 0 aliphatic carbocycles. The zero-order valence-corrected chi connectivity index (χ0v) is 11.7. The number of nitrogens with zero attached hydrogens (tertiary/aromatic N) is 2. The first-order valence-corrected chi connectivity index (χ1v) is 6.92. The average molecular weight is 293 g/mol. The lowest BCUT2D eigenvalue weighted by atomic mass is 10.1. The summed E-state index contributed by atoms with van der Waals surface area (Å²) in [5.74, 6) is -0.662. The molecule has 1 aliphatic rings. The summed E-state index contributed by atoms with van der Waals surface area (Å²) in [6, 6.07) is 2.67. The van der Waals surface area contributed by atoms with Crippen molar-refractivity contribution in [3.05, 3.63) is 29.6 Å². The summed E-state index contributed by atoms with van der Waals surface area (Å²) in [7, 11) is 0. The molecule has 0 bridgehead atoms. The van der Waals surface area contributed by atoms with Gasteiger partial charge in [-0.25, -0.2) is 9.59 Å². The van der Waals surface area contributed by atoms with Crippen LogP contribution in [0.3, 0.4) is 0 Å². The normalized spacial score (nSPS) is 17.8. The molecule has 7 nitrogen and oxygen atoms in total. The minimum absolute atomic E-state index is 0.145. The summed E-state index contributed by atoms with van der Waals surface area (Å²) in [4.78, 5) is 28.6. The molecule has 0 aromatic carbocycles. The maximum Gasteiger partial charge on any atom is 0.335 e. The standard InChI is InChI=1S/C14H19N3O4/c18-6-3-10-2-5-17(9-10)14(21)16-8-12-7-11(13(19)20)1-4-15-12/h1,4,7,10,18H,2-3,5-6,8-9H2,(H,16,21)(H,19,20). The lowest BCUT2D eigenvalue weighted by molar-refractivity contribution is 0.0696. The Bertz CT molecular complexity index is 521. The van der Waals surface area contributed by atoms with Crippen LogP contribution in [-0.4, -0.2) is 51.8 Å². The van der Waals surface area contributed by atoms with E-state index >= 15 is 0 Å². The number of aliphatic hydroxyl groups is 1. The number of nitrogens with one attached hydrogen (secondary N) is 1. The number of hydrogen-bond donors (Lipinski definition) is 3. The predicted molar refractivity (Wildman–Crippen MR) is 74.8 cm³/mol. The number of urea groups is 1. The predicted octanol–water partition coefficient (Wildman–Crippen LogP) is 0.694. The number of hydrogen-bond acceptors (Lipinski definition) is 4. The van der Waals surface area contributed by atoms with Gasteiger partial charge in [0.25, 0.3) is 0 Å². The summed E-state index contributed by atoms with van der Waals surface area (Å²) in [6.45, 7) is 1.67. The Morgan fingerprint density at radius 2 is 2.29 bits per heavy atom. The summed E-state index contributed by atoms with van der Waals surface area (Å²) >= 11 is 0. The SMILES string of the molecule is O=C(O)c1ccnc(CNC(=O)N2CCC(CCO)C2)c1. The van der Waals surface area contributed by atoms with Gasteiger partial charge in [-0.1, -0.05) is 0 Å². The van der Waals surface area contributed by atoms with Crippen LogP contribution in [0.25, 0.3) is 0 Å². The van der Waals surface area contributed by atoms with Crippen molar-refractivity contribution in [2.45, 2.75) is 19.4 Å². The molecule has 3 N–H and O–H groups in total. The van der Waals surface area contributed by atoms with E-state index in [9.17, 15) is 9.59 Å². The first-order valence-electron chi connectivity index (χ1n) is 6.92. The largest absolute Gasteiger partial charge is 0.478 e. The minimum Gasteiger partial charge on any atom is -0.478 e. The lowest BCUT2D eigenvalue weighted by Crippen LogP contribution is -2.38. The van der Waals surface area contributed by atoms with Gasteiger partial charge in [0.2, 0.25) is 0 Å². The van der Waals surface area contributed by atoms with Gasteiger partial charge >= 0.3 is 12.0 Å². The molecule has 0 spiro atoms. The maximum absolute atomic E-state index is 12.0. The molecular weight excluding hydrogens is 274 g/mol. The quantitative estimate of drug-likeness (QED) is 0.741. The molecule has 1 saturated heterocycles. The van der Waals surface area contributed by atoms with Crippen LogP contribution in [0.2, 0.25) is 0 Å². The number of aliphatic hydroxyl groups excluding tert-OH is 1. The Balaban J connectivity index is 1.84. The third-order valence-electron chi connectivity index (χ3n) is 3.59. The Labute approximate surface area is 122 Å². The van der Waals surface area contributed by atoms with E-state index in [1.165, 1.54) is 18.3 Å². The molecule has 1 aromatic heterocycles. The second-order valence-electron chi connectivity index (χ2n) is 5.11. The van der Waals surface area contributed by atoms with Gasteiger partial charge < -0.3 is 20.4 Å². The lowest BCUT2D eigenvalue weighted by Gasteiger charge is -2.17. The molecule has 0 saturated carbocycles. The van der Waals surface area contributed by atoms with Crippen LogP contribution in [0.15, 0.2) is 18.3 Å². The molecule has 1 atom stereocenters. The summed E-state index contributed by atoms with van der Waals surface area (Å²) < 4.78 is 0. The fraction of sp³-hybridized carbons (Fsp3) is 0.500. The zero-order valence-electron chi connectivity index (χ0n) is 11.7. The molecule has 2 heterocycles. The molecule has 1 aromatic rings. The van der Waals surface area contributed by atoms with Crippen molar-refractivity contribution in [3.8, 4) is 0 Å². The first-order chi connectivity index (χ1) is 10.1. The molecule has 0 radical (unpaired) electrons. The second-order valence-corrected chi connectivity index (χ2v) is 5.11. The number of amides is 2. The van der Waals surface area contributed by atoms with E-state index in [4.69, 9.17) is 10.2 Å². The number of pyridine rings is 1. The minimum atomic E-state index is -1.02. The van der Waals surface area contributed by atoms with Crippen LogP contribution in [0.5, 0.6) is 0 Å². The molecule has 21 heavy (non-hydrogen) atoms. The van der Waals surface area contributed by atoms with Crippen LogP contribution in [0.4, 0.5) is 4.79 Å². The Hall–Kier alpha value is -2.15. The van der Waals surface area contributed by atoms with Crippen LogP contribution in [0, 0.1) is 5.92 Å². The Morgan fingerprint density at radius 3 is 3.00 bits per heavy atom. The summed E-state index contributed by atoms with van der Waals surface area (Å²) in [5, 5.41) is 20.5. The fourth-order valence-corrected chi connectivity index (χ4v) is 2.42. The van der Waals surface area contributed by atoms with Gasteiger partial charge in [0.05, 0.1) is 17.8 Å². The van der Waals surface area contributed by atoms with Gasteiger partial charge in [-0.15, -0.1) is 0 Å². The maximum atomic E-state index is 12.0. The van der Waals surface area contributed by atoms with Gasteiger partial charge in [-0.05, 0) is 30.9 Å². The zero-order chi connectivity index (χ0) is 15.2. The molecule has 2 rings (SSSR count). The van der Waals surface area contributed by atoms with Gasteiger partial charge in [-0.3, -0.25) is 4.98 Å². The highest BCUT2D eigenvalue weighted by Gasteiger charge is 2.25. The second kappa shape index (κ2) is 7.03. The summed E-state index contributed by atoms with van der Waals surface area (Å²) in [6.07, 6.45) is 3.03. The molecule has 114 valence electrons. The van der Waals surface area contributed by atoms with Crippen LogP contribution < -0.4 is 5.32 Å². The molecule has 1 aliphatic heterocycles. The van der Waals surface area contributed by atoms with Crippen molar-refractivity contribution in [1.82, 2.24) is 15.2 Å². The van der Waals surface area contributed by atoms with E-state index in [0.717, 1.165) is 6.42 Å². The van der Waals surface area contributed by atoms with Crippen molar-refractivity contribution >= 4 is 12.0 Å². The topological polar surface area (TPSA) is 103 Å². The number of carbonyl (C=O) groups is 2. The number of aromatic nitrogens is 1. The van der Waals surface area contributed by atoms with Crippen molar-refractivity contribution < 1.29 is 19.8 Å². The van der Waals surface area contributed by atoms with Crippen molar-refractivity contribution in [2.24, 2.45) is 5.92 Å². The molecular formula is C14H19N3O4. The first kappa shape index (κ1) is 15.2. The number of likely N-dealkylation sites (tertiary alicyclic amines) is 1. The number of carboxylic acids is 1. The van der Waals surface area contributed by atoms with Crippen LogP contribution in [-0.2, 0) is 6.54 Å². The van der Waals surface area contributed by atoms with E-state index in [-0.39, 0.29) is 24.7 Å². The number of rotatable bonds is 5. The third kappa shape index (κ3) is 4.16. The molecule has 1 fully saturated rings. The van der Waals surface area contributed by atoms with E-state index in [1.807, 2.05) is 0 Å². The summed E-state index contributed by atoms with van der Waals surface area (Å²) in [5.41, 5.74) is 0.660.